The lowest BCUT2D eigenvalue weighted by Gasteiger charge is -2.22. The highest BCUT2D eigenvalue weighted by atomic mass is 35.5. The largest absolute Gasteiger partial charge is 0.369 e. The van der Waals surface area contributed by atoms with Gasteiger partial charge in [-0.15, -0.1) is 0 Å². The predicted octanol–water partition coefficient (Wildman–Crippen LogP) is 1.10. The molecule has 1 rings (SSSR count). The maximum absolute atomic E-state index is 12.2. The molecular formula is C12H19ClN4O3S. The van der Waals surface area contributed by atoms with Crippen molar-refractivity contribution in [3.63, 3.8) is 0 Å². The molecule has 21 heavy (non-hydrogen) atoms. The summed E-state index contributed by atoms with van der Waals surface area (Å²) in [6, 6.07) is 1.27. The Morgan fingerprint density at radius 2 is 2.10 bits per heavy atom. The minimum Gasteiger partial charge on any atom is -0.369 e. The van der Waals surface area contributed by atoms with E-state index in [2.05, 4.69) is 15.0 Å². The number of sulfonamides is 1. The maximum atomic E-state index is 12.2. The van der Waals surface area contributed by atoms with Gasteiger partial charge < -0.3 is 11.1 Å². The highest BCUT2D eigenvalue weighted by Gasteiger charge is 2.31. The van der Waals surface area contributed by atoms with E-state index in [-0.39, 0.29) is 9.92 Å². The fourth-order valence-electron chi connectivity index (χ4n) is 1.39. The van der Waals surface area contributed by atoms with Crippen LogP contribution in [0.5, 0.6) is 0 Å². The second-order valence-corrected chi connectivity index (χ2v) is 7.11. The number of aromatic nitrogens is 1. The molecule has 1 aromatic rings. The first-order chi connectivity index (χ1) is 9.60. The van der Waals surface area contributed by atoms with Gasteiger partial charge in [-0.3, -0.25) is 4.79 Å². The van der Waals surface area contributed by atoms with Crippen LogP contribution in [-0.4, -0.2) is 31.4 Å². The van der Waals surface area contributed by atoms with Crippen LogP contribution in [0, 0.1) is 0 Å². The van der Waals surface area contributed by atoms with E-state index in [1.165, 1.54) is 26.1 Å². The van der Waals surface area contributed by atoms with Gasteiger partial charge in [-0.2, -0.15) is 4.72 Å². The molecule has 0 radical (unpaired) electrons. The monoisotopic (exact) mass is 334 g/mol. The molecule has 0 saturated heterocycles. The number of hydrogen-bond donors (Lipinski definition) is 3. The second-order valence-electron chi connectivity index (χ2n) is 5.02. The number of hydrogen-bond acceptors (Lipinski definition) is 5. The molecule has 1 amide bonds. The number of halogens is 1. The number of rotatable bonds is 7. The normalized spacial score (nSPS) is 12.2. The van der Waals surface area contributed by atoms with Crippen LogP contribution in [0.2, 0.25) is 5.02 Å². The summed E-state index contributed by atoms with van der Waals surface area (Å²) in [6.07, 6.45) is 2.05. The molecule has 0 atom stereocenters. The quantitative estimate of drug-likeness (QED) is 0.690. The first kappa shape index (κ1) is 17.7. The summed E-state index contributed by atoms with van der Waals surface area (Å²) in [4.78, 5) is 15.1. The van der Waals surface area contributed by atoms with Crippen LogP contribution in [0.25, 0.3) is 0 Å². The average Bonchev–Trinajstić information content (AvgIpc) is 2.35. The van der Waals surface area contributed by atoms with E-state index in [4.69, 9.17) is 17.3 Å². The van der Waals surface area contributed by atoms with Gasteiger partial charge in [-0.05, 0) is 26.3 Å². The Morgan fingerprint density at radius 1 is 1.48 bits per heavy atom. The first-order valence-corrected chi connectivity index (χ1v) is 8.19. The van der Waals surface area contributed by atoms with Gasteiger partial charge in [0.05, 0.1) is 5.02 Å². The Kier molecular flexibility index (Phi) is 5.54. The highest BCUT2D eigenvalue weighted by Crippen LogP contribution is 2.23. The van der Waals surface area contributed by atoms with Crippen molar-refractivity contribution < 1.29 is 13.2 Å². The molecule has 0 bridgehead atoms. The van der Waals surface area contributed by atoms with Gasteiger partial charge in [0.2, 0.25) is 15.9 Å². The lowest BCUT2D eigenvalue weighted by Crippen LogP contribution is -2.52. The van der Waals surface area contributed by atoms with Crippen LogP contribution in [0.15, 0.2) is 17.2 Å². The molecule has 1 heterocycles. The van der Waals surface area contributed by atoms with Crippen molar-refractivity contribution in [1.82, 2.24) is 9.71 Å². The van der Waals surface area contributed by atoms with Crippen molar-refractivity contribution in [3.8, 4) is 0 Å². The molecule has 0 unspecified atom stereocenters. The fraction of sp³-hybridized carbons (Fsp3) is 0.500. The Labute approximate surface area is 129 Å². The van der Waals surface area contributed by atoms with Crippen molar-refractivity contribution in [2.24, 2.45) is 5.73 Å². The molecule has 1 aromatic heterocycles. The standard InChI is InChI=1S/C12H19ClN4O3S/c1-4-5-15-10-9(13)6-8(7-16-10)21(19,20)17-12(2,3)11(14)18/h6-7,17H,4-5H2,1-3H3,(H2,14,18)(H,15,16). The summed E-state index contributed by atoms with van der Waals surface area (Å²) in [5.41, 5.74) is 3.73. The van der Waals surface area contributed by atoms with Crippen molar-refractivity contribution in [2.75, 3.05) is 11.9 Å². The van der Waals surface area contributed by atoms with Crippen LogP contribution >= 0.6 is 11.6 Å². The maximum Gasteiger partial charge on any atom is 0.243 e. The van der Waals surface area contributed by atoms with Crippen molar-refractivity contribution in [1.29, 1.82) is 0 Å². The van der Waals surface area contributed by atoms with E-state index >= 15 is 0 Å². The summed E-state index contributed by atoms with van der Waals surface area (Å²) in [7, 11) is -3.95. The molecule has 7 nitrogen and oxygen atoms in total. The summed E-state index contributed by atoms with van der Waals surface area (Å²) in [5.74, 6) is -0.377. The molecular weight excluding hydrogens is 316 g/mol. The molecule has 0 spiro atoms. The van der Waals surface area contributed by atoms with Gasteiger partial charge in [0.25, 0.3) is 0 Å². The van der Waals surface area contributed by atoms with E-state index in [9.17, 15) is 13.2 Å². The van der Waals surface area contributed by atoms with Gasteiger partial charge >= 0.3 is 0 Å². The molecule has 0 fully saturated rings. The van der Waals surface area contributed by atoms with Crippen LogP contribution in [-0.2, 0) is 14.8 Å². The molecule has 9 heteroatoms. The average molecular weight is 335 g/mol. The smallest absolute Gasteiger partial charge is 0.243 e. The van der Waals surface area contributed by atoms with Gasteiger partial charge in [-0.25, -0.2) is 13.4 Å². The minimum atomic E-state index is -3.95. The summed E-state index contributed by atoms with van der Waals surface area (Å²) in [5, 5.41) is 3.16. The lowest BCUT2D eigenvalue weighted by molar-refractivity contribution is -0.122. The zero-order chi connectivity index (χ0) is 16.3. The summed E-state index contributed by atoms with van der Waals surface area (Å²) in [6.45, 7) is 5.40. The van der Waals surface area contributed by atoms with E-state index in [1.54, 1.807) is 0 Å². The van der Waals surface area contributed by atoms with Gasteiger partial charge in [0, 0.05) is 12.7 Å². The number of anilines is 1. The van der Waals surface area contributed by atoms with Gasteiger partial charge in [0.1, 0.15) is 16.3 Å². The van der Waals surface area contributed by atoms with E-state index in [0.29, 0.717) is 12.4 Å². The predicted molar refractivity (Wildman–Crippen MR) is 81.6 cm³/mol. The Hall–Kier alpha value is -1.38. The number of primary amides is 1. The summed E-state index contributed by atoms with van der Waals surface area (Å²) >= 11 is 6.00. The number of pyridine rings is 1. The van der Waals surface area contributed by atoms with Crippen molar-refractivity contribution in [2.45, 2.75) is 37.6 Å². The third-order valence-electron chi connectivity index (χ3n) is 2.67. The molecule has 4 N–H and O–H groups in total. The van der Waals surface area contributed by atoms with Crippen molar-refractivity contribution >= 4 is 33.3 Å². The third-order valence-corrected chi connectivity index (χ3v) is 4.59. The highest BCUT2D eigenvalue weighted by molar-refractivity contribution is 7.89. The number of carbonyl (C=O) groups is 1. The Morgan fingerprint density at radius 3 is 2.57 bits per heavy atom. The van der Waals surface area contributed by atoms with E-state index in [0.717, 1.165) is 6.42 Å². The second kappa shape index (κ2) is 6.59. The fourth-order valence-corrected chi connectivity index (χ4v) is 3.04. The van der Waals surface area contributed by atoms with Crippen LogP contribution in [0.1, 0.15) is 27.2 Å². The van der Waals surface area contributed by atoms with E-state index in [1.807, 2.05) is 6.92 Å². The third kappa shape index (κ3) is 4.55. The van der Waals surface area contributed by atoms with Crippen molar-refractivity contribution in [3.05, 3.63) is 17.3 Å². The lowest BCUT2D eigenvalue weighted by atomic mass is 10.1. The number of nitrogens with zero attached hydrogens (tertiary/aromatic N) is 1. The number of nitrogens with two attached hydrogens (primary N) is 1. The molecule has 118 valence electrons. The topological polar surface area (TPSA) is 114 Å². The number of carbonyl (C=O) groups excluding carboxylic acids is 1. The van der Waals surface area contributed by atoms with Crippen LogP contribution in [0.4, 0.5) is 5.82 Å². The molecule has 0 aliphatic rings. The molecule has 0 aliphatic heterocycles. The molecule has 0 aliphatic carbocycles. The minimum absolute atomic E-state index is 0.135. The Bertz CT molecular complexity index is 631. The van der Waals surface area contributed by atoms with Crippen LogP contribution in [0.3, 0.4) is 0 Å². The Balaban J connectivity index is 3.05. The molecule has 0 saturated carbocycles. The SMILES string of the molecule is CCCNc1ncc(S(=O)(=O)NC(C)(C)C(N)=O)cc1Cl. The summed E-state index contributed by atoms with van der Waals surface area (Å²) < 4.78 is 26.6. The van der Waals surface area contributed by atoms with Gasteiger partial charge in [-0.1, -0.05) is 18.5 Å². The molecule has 0 aromatic carbocycles. The van der Waals surface area contributed by atoms with Crippen LogP contribution < -0.4 is 15.8 Å². The number of nitrogens with one attached hydrogen (secondary N) is 2. The zero-order valence-electron chi connectivity index (χ0n) is 12.1. The number of amides is 1. The van der Waals surface area contributed by atoms with E-state index < -0.39 is 21.5 Å². The first-order valence-electron chi connectivity index (χ1n) is 6.33. The zero-order valence-corrected chi connectivity index (χ0v) is 13.7. The van der Waals surface area contributed by atoms with Gasteiger partial charge in [0.15, 0.2) is 0 Å².